The fourth-order valence-corrected chi connectivity index (χ4v) is 2.54. The second-order valence-corrected chi connectivity index (χ2v) is 6.77. The third-order valence-corrected chi connectivity index (χ3v) is 4.40. The Morgan fingerprint density at radius 2 is 2.11 bits per heavy atom. The first-order chi connectivity index (χ1) is 8.87. The van der Waals surface area contributed by atoms with Crippen LogP contribution in [0.25, 0.3) is 0 Å². The molecule has 2 unspecified atom stereocenters. The maximum absolute atomic E-state index is 10.2. The minimum atomic E-state index is -0.763. The van der Waals surface area contributed by atoms with Gasteiger partial charge in [0.15, 0.2) is 0 Å². The summed E-state index contributed by atoms with van der Waals surface area (Å²) in [5.41, 5.74) is 2.78. The Morgan fingerprint density at radius 1 is 1.37 bits per heavy atom. The maximum atomic E-state index is 10.2. The molecular weight excluding hydrogens is 236 g/mol. The average molecular weight is 262 g/mol. The Bertz CT molecular complexity index is 427. The van der Waals surface area contributed by atoms with Gasteiger partial charge in [-0.2, -0.15) is 0 Å². The summed E-state index contributed by atoms with van der Waals surface area (Å²) in [6.45, 7) is 8.87. The van der Waals surface area contributed by atoms with Crippen molar-refractivity contribution in [1.82, 2.24) is 0 Å². The molecule has 1 N–H and O–H groups in total. The van der Waals surface area contributed by atoms with Crippen molar-refractivity contribution in [3.63, 3.8) is 0 Å². The molecule has 0 aromatic carbocycles. The number of ether oxygens (including phenoxy) is 1. The van der Waals surface area contributed by atoms with Gasteiger partial charge in [-0.1, -0.05) is 38.5 Å². The van der Waals surface area contributed by atoms with E-state index >= 15 is 0 Å². The van der Waals surface area contributed by atoms with Crippen molar-refractivity contribution in [2.45, 2.75) is 59.7 Å². The number of rotatable bonds is 3. The van der Waals surface area contributed by atoms with Gasteiger partial charge in [-0.3, -0.25) is 0 Å². The first-order valence-corrected chi connectivity index (χ1v) is 7.28. The predicted octanol–water partition coefficient (Wildman–Crippen LogP) is 4.33. The van der Waals surface area contributed by atoms with E-state index in [0.717, 1.165) is 37.0 Å². The van der Waals surface area contributed by atoms with E-state index in [1.54, 1.807) is 0 Å². The SMILES string of the molecule is CC1=CC=C(OC(O)C2=CCC(C)(C)CC2)CC1C. The highest BCUT2D eigenvalue weighted by molar-refractivity contribution is 5.22. The van der Waals surface area contributed by atoms with Crippen molar-refractivity contribution in [3.8, 4) is 0 Å². The van der Waals surface area contributed by atoms with E-state index < -0.39 is 6.29 Å². The molecule has 0 saturated heterocycles. The summed E-state index contributed by atoms with van der Waals surface area (Å²) in [6, 6.07) is 0. The average Bonchev–Trinajstić information content (AvgIpc) is 2.33. The monoisotopic (exact) mass is 262 g/mol. The lowest BCUT2D eigenvalue weighted by Gasteiger charge is -2.31. The van der Waals surface area contributed by atoms with E-state index in [-0.39, 0.29) is 0 Å². The van der Waals surface area contributed by atoms with Gasteiger partial charge in [-0.05, 0) is 49.2 Å². The molecule has 2 atom stereocenters. The molecule has 0 aliphatic heterocycles. The molecule has 2 aliphatic carbocycles. The summed E-state index contributed by atoms with van der Waals surface area (Å²) < 4.78 is 5.72. The maximum Gasteiger partial charge on any atom is 0.219 e. The molecule has 0 aromatic rings. The van der Waals surface area contributed by atoms with Gasteiger partial charge < -0.3 is 9.84 Å². The van der Waals surface area contributed by atoms with Gasteiger partial charge in [0.05, 0.1) is 0 Å². The molecule has 19 heavy (non-hydrogen) atoms. The molecule has 2 rings (SSSR count). The van der Waals surface area contributed by atoms with Gasteiger partial charge in [0.25, 0.3) is 0 Å². The van der Waals surface area contributed by atoms with Crippen molar-refractivity contribution >= 4 is 0 Å². The van der Waals surface area contributed by atoms with Crippen LogP contribution in [-0.4, -0.2) is 11.4 Å². The lowest BCUT2D eigenvalue weighted by atomic mass is 9.78. The minimum absolute atomic E-state index is 0.363. The van der Waals surface area contributed by atoms with E-state index in [1.807, 2.05) is 6.08 Å². The van der Waals surface area contributed by atoms with Crippen molar-refractivity contribution < 1.29 is 9.84 Å². The van der Waals surface area contributed by atoms with Crippen molar-refractivity contribution in [1.29, 1.82) is 0 Å². The van der Waals surface area contributed by atoms with Crippen LogP contribution in [0.3, 0.4) is 0 Å². The fraction of sp³-hybridized carbons (Fsp3) is 0.647. The van der Waals surface area contributed by atoms with E-state index in [0.29, 0.717) is 11.3 Å². The van der Waals surface area contributed by atoms with E-state index in [4.69, 9.17) is 4.74 Å². The van der Waals surface area contributed by atoms with Gasteiger partial charge in [-0.25, -0.2) is 0 Å². The van der Waals surface area contributed by atoms with E-state index in [2.05, 4.69) is 39.8 Å². The van der Waals surface area contributed by atoms with Crippen LogP contribution in [0.1, 0.15) is 53.4 Å². The third kappa shape index (κ3) is 3.73. The lowest BCUT2D eigenvalue weighted by molar-refractivity contribution is -0.0443. The van der Waals surface area contributed by atoms with Crippen LogP contribution in [0.2, 0.25) is 0 Å². The normalized spacial score (nSPS) is 28.1. The topological polar surface area (TPSA) is 29.5 Å². The molecule has 106 valence electrons. The van der Waals surface area contributed by atoms with Gasteiger partial charge in [0, 0.05) is 6.42 Å². The Hall–Kier alpha value is -1.02. The predicted molar refractivity (Wildman–Crippen MR) is 78.4 cm³/mol. The Labute approximate surface area is 116 Å². The van der Waals surface area contributed by atoms with Crippen LogP contribution in [-0.2, 0) is 4.74 Å². The lowest BCUT2D eigenvalue weighted by Crippen LogP contribution is -2.22. The van der Waals surface area contributed by atoms with Gasteiger partial charge in [0.1, 0.15) is 5.76 Å². The van der Waals surface area contributed by atoms with E-state index in [9.17, 15) is 5.11 Å². The summed E-state index contributed by atoms with van der Waals surface area (Å²) in [5, 5.41) is 10.2. The summed E-state index contributed by atoms with van der Waals surface area (Å²) in [4.78, 5) is 0. The largest absolute Gasteiger partial charge is 0.465 e. The Morgan fingerprint density at radius 3 is 2.68 bits per heavy atom. The summed E-state index contributed by atoms with van der Waals surface area (Å²) in [5.74, 6) is 1.41. The van der Waals surface area contributed by atoms with Crippen molar-refractivity contribution in [2.75, 3.05) is 0 Å². The Kier molecular flexibility index (Phi) is 4.19. The Balaban J connectivity index is 1.96. The molecule has 0 radical (unpaired) electrons. The molecule has 0 spiro atoms. The minimum Gasteiger partial charge on any atom is -0.465 e. The second-order valence-electron chi connectivity index (χ2n) is 6.77. The standard InChI is InChI=1S/C17H26O2/c1-12-5-6-15(11-13(12)2)19-16(18)14-7-9-17(3,4)10-8-14/h5-7,13,16,18H,8-11H2,1-4H3. The van der Waals surface area contributed by atoms with Crippen molar-refractivity contribution in [3.05, 3.63) is 35.1 Å². The molecule has 0 saturated carbocycles. The first kappa shape index (κ1) is 14.4. The smallest absolute Gasteiger partial charge is 0.219 e. The highest BCUT2D eigenvalue weighted by atomic mass is 16.6. The molecule has 2 nitrogen and oxygen atoms in total. The molecule has 0 fully saturated rings. The fourth-order valence-electron chi connectivity index (χ4n) is 2.54. The molecule has 0 heterocycles. The van der Waals surface area contributed by atoms with Gasteiger partial charge in [-0.15, -0.1) is 0 Å². The van der Waals surface area contributed by atoms with Crippen LogP contribution in [0, 0.1) is 11.3 Å². The zero-order chi connectivity index (χ0) is 14.0. The summed E-state index contributed by atoms with van der Waals surface area (Å²) in [7, 11) is 0. The molecule has 0 amide bonds. The molecular formula is C17H26O2. The third-order valence-electron chi connectivity index (χ3n) is 4.40. The zero-order valence-electron chi connectivity index (χ0n) is 12.6. The van der Waals surface area contributed by atoms with Crippen LogP contribution < -0.4 is 0 Å². The molecule has 2 aliphatic rings. The number of aliphatic hydroxyl groups excluding tert-OH is 1. The van der Waals surface area contributed by atoms with Crippen LogP contribution in [0.5, 0.6) is 0 Å². The second kappa shape index (κ2) is 5.54. The highest BCUT2D eigenvalue weighted by Gasteiger charge is 2.25. The van der Waals surface area contributed by atoms with Crippen LogP contribution in [0.4, 0.5) is 0 Å². The van der Waals surface area contributed by atoms with Crippen molar-refractivity contribution in [2.24, 2.45) is 11.3 Å². The highest BCUT2D eigenvalue weighted by Crippen LogP contribution is 2.36. The van der Waals surface area contributed by atoms with Gasteiger partial charge >= 0.3 is 0 Å². The van der Waals surface area contributed by atoms with Crippen LogP contribution in [0.15, 0.2) is 35.1 Å². The molecule has 2 heteroatoms. The number of aliphatic hydroxyl groups is 1. The molecule has 0 bridgehead atoms. The van der Waals surface area contributed by atoms with E-state index in [1.165, 1.54) is 5.57 Å². The number of hydrogen-bond donors (Lipinski definition) is 1. The van der Waals surface area contributed by atoms with Crippen LogP contribution >= 0.6 is 0 Å². The zero-order valence-corrected chi connectivity index (χ0v) is 12.6. The first-order valence-electron chi connectivity index (χ1n) is 7.28. The number of hydrogen-bond acceptors (Lipinski definition) is 2. The summed E-state index contributed by atoms with van der Waals surface area (Å²) in [6.07, 6.45) is 9.44. The molecule has 0 aromatic heterocycles. The quantitative estimate of drug-likeness (QED) is 0.606. The number of allylic oxidation sites excluding steroid dienone is 5. The summed E-state index contributed by atoms with van der Waals surface area (Å²) >= 11 is 0. The van der Waals surface area contributed by atoms with Gasteiger partial charge in [0.2, 0.25) is 6.29 Å².